The molecule has 4 aromatic rings. The number of fused-ring (bicyclic) bond motifs is 2. The number of anilines is 2. The van der Waals surface area contributed by atoms with Crippen LogP contribution in [0.1, 0.15) is 6.42 Å². The molecule has 7 nitrogen and oxygen atoms in total. The van der Waals surface area contributed by atoms with Crippen LogP contribution in [0, 0.1) is 0 Å². The molecule has 1 saturated heterocycles. The van der Waals surface area contributed by atoms with Gasteiger partial charge in [0, 0.05) is 30.2 Å². The second-order valence-electron chi connectivity index (χ2n) is 7.93. The first-order chi connectivity index (χ1) is 14.0. The third-order valence-electron chi connectivity index (χ3n) is 5.92. The van der Waals surface area contributed by atoms with Gasteiger partial charge in [-0.1, -0.05) is 18.2 Å². The number of pyridine rings is 1. The quantitative estimate of drug-likeness (QED) is 0.502. The lowest BCUT2D eigenvalue weighted by Gasteiger charge is -2.21. The molecule has 2 aromatic carbocycles. The number of imidazole rings is 1. The van der Waals surface area contributed by atoms with Gasteiger partial charge in [0.2, 0.25) is 0 Å². The number of H-pyrrole nitrogens is 2. The molecule has 0 aliphatic carbocycles. The van der Waals surface area contributed by atoms with E-state index in [4.69, 9.17) is 5.73 Å². The van der Waals surface area contributed by atoms with Crippen LogP contribution in [0.15, 0.2) is 47.3 Å². The Morgan fingerprint density at radius 2 is 1.97 bits per heavy atom. The maximum Gasteiger partial charge on any atom is 0.261 e. The van der Waals surface area contributed by atoms with Crippen molar-refractivity contribution in [1.29, 1.82) is 0 Å². The molecule has 5 rings (SSSR count). The van der Waals surface area contributed by atoms with Gasteiger partial charge < -0.3 is 25.5 Å². The first-order valence-electron chi connectivity index (χ1n) is 9.83. The largest absolute Gasteiger partial charge is 0.397 e. The Morgan fingerprint density at radius 1 is 1.14 bits per heavy atom. The van der Waals surface area contributed by atoms with Crippen molar-refractivity contribution >= 4 is 33.3 Å². The van der Waals surface area contributed by atoms with E-state index >= 15 is 0 Å². The normalized spacial score (nSPS) is 17.1. The summed E-state index contributed by atoms with van der Waals surface area (Å²) in [6.07, 6.45) is 1.16. The number of nitrogens with two attached hydrogens (primary N) is 1. The van der Waals surface area contributed by atoms with Crippen LogP contribution in [-0.4, -0.2) is 53.1 Å². The van der Waals surface area contributed by atoms with Gasteiger partial charge in [0.05, 0.1) is 22.2 Å². The number of aromatic amines is 2. The van der Waals surface area contributed by atoms with Gasteiger partial charge in [-0.3, -0.25) is 4.79 Å². The van der Waals surface area contributed by atoms with Crippen LogP contribution in [-0.2, 0) is 0 Å². The molecule has 2 aromatic heterocycles. The molecule has 1 unspecified atom stereocenters. The Morgan fingerprint density at radius 3 is 2.76 bits per heavy atom. The van der Waals surface area contributed by atoms with Crippen LogP contribution in [0.5, 0.6) is 0 Å². The van der Waals surface area contributed by atoms with Crippen LogP contribution >= 0.6 is 0 Å². The predicted octanol–water partition coefficient (Wildman–Crippen LogP) is 2.79. The van der Waals surface area contributed by atoms with E-state index in [9.17, 15) is 4.79 Å². The lowest BCUT2D eigenvalue weighted by atomic mass is 10.1. The number of rotatable bonds is 3. The lowest BCUT2D eigenvalue weighted by Crippen LogP contribution is -2.31. The zero-order chi connectivity index (χ0) is 20.1. The fraction of sp³-hybridized carbons (Fsp3) is 0.273. The van der Waals surface area contributed by atoms with Crippen molar-refractivity contribution in [2.24, 2.45) is 0 Å². The Bertz CT molecular complexity index is 1270. The minimum Gasteiger partial charge on any atom is -0.397 e. The molecule has 1 atom stereocenters. The number of benzene rings is 2. The highest BCUT2D eigenvalue weighted by atomic mass is 16.1. The average Bonchev–Trinajstić information content (AvgIpc) is 3.34. The second kappa shape index (κ2) is 6.63. The molecule has 0 saturated carbocycles. The van der Waals surface area contributed by atoms with Crippen molar-refractivity contribution in [3.8, 4) is 11.4 Å². The molecule has 1 aliphatic rings. The fourth-order valence-electron chi connectivity index (χ4n) is 4.21. The summed E-state index contributed by atoms with van der Waals surface area (Å²) in [4.78, 5) is 28.2. The summed E-state index contributed by atoms with van der Waals surface area (Å²) >= 11 is 0. The van der Waals surface area contributed by atoms with E-state index in [1.54, 1.807) is 0 Å². The minimum atomic E-state index is -0.242. The number of likely N-dealkylation sites (N-methyl/N-ethyl adjacent to an activating group) is 1. The molecule has 4 N–H and O–H groups in total. The summed E-state index contributed by atoms with van der Waals surface area (Å²) in [5, 5.41) is 0.815. The Hall–Kier alpha value is -3.32. The van der Waals surface area contributed by atoms with Gasteiger partial charge in [-0.25, -0.2) is 4.98 Å². The molecule has 0 bridgehead atoms. The topological polar surface area (TPSA) is 94.0 Å². The van der Waals surface area contributed by atoms with Crippen molar-refractivity contribution in [1.82, 2.24) is 19.9 Å². The highest BCUT2D eigenvalue weighted by Crippen LogP contribution is 2.30. The van der Waals surface area contributed by atoms with Crippen LogP contribution in [0.2, 0.25) is 0 Å². The molecule has 148 valence electrons. The van der Waals surface area contributed by atoms with Crippen molar-refractivity contribution < 1.29 is 0 Å². The van der Waals surface area contributed by atoms with Crippen LogP contribution in [0.3, 0.4) is 0 Å². The third-order valence-corrected chi connectivity index (χ3v) is 5.92. The van der Waals surface area contributed by atoms with Gasteiger partial charge in [-0.15, -0.1) is 0 Å². The Kier molecular flexibility index (Phi) is 4.06. The number of hydrogen-bond donors (Lipinski definition) is 3. The van der Waals surface area contributed by atoms with E-state index in [0.29, 0.717) is 23.1 Å². The van der Waals surface area contributed by atoms with E-state index in [1.807, 2.05) is 30.3 Å². The maximum absolute atomic E-state index is 12.7. The molecule has 0 radical (unpaired) electrons. The number of nitrogens with one attached hydrogen (secondary N) is 2. The summed E-state index contributed by atoms with van der Waals surface area (Å²) in [7, 11) is 4.26. The smallest absolute Gasteiger partial charge is 0.261 e. The molecule has 29 heavy (non-hydrogen) atoms. The van der Waals surface area contributed by atoms with Crippen LogP contribution < -0.4 is 16.2 Å². The van der Waals surface area contributed by atoms with Gasteiger partial charge in [-0.2, -0.15) is 0 Å². The second-order valence-corrected chi connectivity index (χ2v) is 7.93. The van der Waals surface area contributed by atoms with Gasteiger partial charge in [-0.05, 0) is 44.8 Å². The maximum atomic E-state index is 12.7. The van der Waals surface area contributed by atoms with E-state index in [2.05, 4.69) is 51.0 Å². The predicted molar refractivity (Wildman–Crippen MR) is 118 cm³/mol. The molecule has 1 aliphatic heterocycles. The van der Waals surface area contributed by atoms with Crippen molar-refractivity contribution in [2.45, 2.75) is 12.5 Å². The first kappa shape index (κ1) is 17.8. The van der Waals surface area contributed by atoms with Crippen LogP contribution in [0.25, 0.3) is 33.3 Å². The molecule has 0 spiro atoms. The number of para-hydroxylation sites is 1. The average molecular weight is 388 g/mol. The molecular weight excluding hydrogens is 364 g/mol. The fourth-order valence-corrected chi connectivity index (χ4v) is 4.21. The van der Waals surface area contributed by atoms with E-state index < -0.39 is 0 Å². The molecule has 1 fully saturated rings. The van der Waals surface area contributed by atoms with Crippen molar-refractivity contribution in [3.63, 3.8) is 0 Å². The summed E-state index contributed by atoms with van der Waals surface area (Å²) in [6.45, 7) is 2.05. The molecular formula is C22H24N6O. The van der Waals surface area contributed by atoms with Crippen molar-refractivity contribution in [3.05, 3.63) is 52.8 Å². The highest BCUT2D eigenvalue weighted by molar-refractivity contribution is 5.97. The first-order valence-corrected chi connectivity index (χ1v) is 9.83. The lowest BCUT2D eigenvalue weighted by molar-refractivity contribution is 0.315. The zero-order valence-electron chi connectivity index (χ0n) is 16.6. The Balaban J connectivity index is 1.56. The van der Waals surface area contributed by atoms with E-state index in [-0.39, 0.29) is 5.56 Å². The van der Waals surface area contributed by atoms with Gasteiger partial charge in [0.1, 0.15) is 11.4 Å². The monoisotopic (exact) mass is 388 g/mol. The molecule has 3 heterocycles. The zero-order valence-corrected chi connectivity index (χ0v) is 16.6. The molecule has 7 heteroatoms. The van der Waals surface area contributed by atoms with Gasteiger partial charge in [0.15, 0.2) is 0 Å². The molecule has 0 amide bonds. The van der Waals surface area contributed by atoms with E-state index in [0.717, 1.165) is 47.1 Å². The van der Waals surface area contributed by atoms with E-state index in [1.165, 1.54) is 0 Å². The third kappa shape index (κ3) is 2.94. The van der Waals surface area contributed by atoms with Gasteiger partial charge >= 0.3 is 0 Å². The summed E-state index contributed by atoms with van der Waals surface area (Å²) in [5.74, 6) is 0.495. The number of hydrogen-bond acceptors (Lipinski definition) is 5. The summed E-state index contributed by atoms with van der Waals surface area (Å²) < 4.78 is 0. The summed E-state index contributed by atoms with van der Waals surface area (Å²) in [6, 6.07) is 14.3. The van der Waals surface area contributed by atoms with Crippen molar-refractivity contribution in [2.75, 3.05) is 37.8 Å². The number of nitrogen functional groups attached to an aromatic ring is 1. The highest BCUT2D eigenvalue weighted by Gasteiger charge is 2.24. The number of aromatic nitrogens is 3. The SMILES string of the molecule is CN(C)C1CCN(c2ccc3nc(-c4c(N)c5ccccc5[nH]c4=O)[nH]c3c2)C1. The van der Waals surface area contributed by atoms with Crippen LogP contribution in [0.4, 0.5) is 11.4 Å². The standard InChI is InChI=1S/C22H24N6O/c1-27(2)14-9-10-28(12-14)13-7-8-17-18(11-13)25-21(24-17)19-20(23)15-5-3-4-6-16(15)26-22(19)29/h3-8,11,14H,9-10,12H2,1-2H3,(H,24,25)(H3,23,26,29). The minimum absolute atomic E-state index is 0.242. The number of nitrogens with zero attached hydrogens (tertiary/aromatic N) is 3. The Labute approximate surface area is 168 Å². The van der Waals surface area contributed by atoms with Gasteiger partial charge in [0.25, 0.3) is 5.56 Å². The summed E-state index contributed by atoms with van der Waals surface area (Å²) in [5.41, 5.74) is 10.5.